The van der Waals surface area contributed by atoms with E-state index < -0.39 is 5.60 Å². The van der Waals surface area contributed by atoms with E-state index in [1.54, 1.807) is 0 Å². The molecule has 2 atom stereocenters. The molecule has 0 saturated heterocycles. The molecule has 1 aromatic heterocycles. The van der Waals surface area contributed by atoms with E-state index >= 15 is 0 Å². The van der Waals surface area contributed by atoms with Crippen LogP contribution < -0.4 is 10.6 Å². The van der Waals surface area contributed by atoms with Gasteiger partial charge >= 0.3 is 0 Å². The lowest BCUT2D eigenvalue weighted by Crippen LogP contribution is -2.41. The molecule has 0 aliphatic heterocycles. The summed E-state index contributed by atoms with van der Waals surface area (Å²) in [7, 11) is 1.82. The van der Waals surface area contributed by atoms with Crippen LogP contribution >= 0.6 is 0 Å². The van der Waals surface area contributed by atoms with E-state index in [9.17, 15) is 5.11 Å². The van der Waals surface area contributed by atoms with Crippen molar-refractivity contribution in [2.75, 3.05) is 24.2 Å². The maximum Gasteiger partial charge on any atom is 0.131 e. The topological polar surface area (TPSA) is 70.1 Å². The number of anilines is 2. The van der Waals surface area contributed by atoms with Gasteiger partial charge in [0.15, 0.2) is 0 Å². The molecule has 2 rings (SSSR count). The Morgan fingerprint density at radius 1 is 1.44 bits per heavy atom. The van der Waals surface area contributed by atoms with Crippen LogP contribution in [-0.4, -0.2) is 34.3 Å². The second kappa shape index (κ2) is 5.52. The van der Waals surface area contributed by atoms with Crippen molar-refractivity contribution in [2.24, 2.45) is 5.92 Å². The maximum absolute atomic E-state index is 10.5. The quantitative estimate of drug-likeness (QED) is 0.761. The van der Waals surface area contributed by atoms with E-state index in [4.69, 9.17) is 0 Å². The summed E-state index contributed by atoms with van der Waals surface area (Å²) in [5, 5.41) is 16.7. The summed E-state index contributed by atoms with van der Waals surface area (Å²) in [6.07, 6.45) is 5.57. The molecular formula is C13H22N4O. The SMILES string of the molecule is CNc1cc(NCC2(O)CCCC(C)C2)ncn1. The van der Waals surface area contributed by atoms with E-state index in [0.29, 0.717) is 12.5 Å². The van der Waals surface area contributed by atoms with Crippen LogP contribution in [0.5, 0.6) is 0 Å². The van der Waals surface area contributed by atoms with Crippen molar-refractivity contribution in [1.29, 1.82) is 0 Å². The molecule has 1 saturated carbocycles. The first-order valence-electron chi connectivity index (χ1n) is 6.57. The summed E-state index contributed by atoms with van der Waals surface area (Å²) in [5.74, 6) is 2.13. The van der Waals surface area contributed by atoms with Crippen molar-refractivity contribution in [3.05, 3.63) is 12.4 Å². The summed E-state index contributed by atoms with van der Waals surface area (Å²) >= 11 is 0. The van der Waals surface area contributed by atoms with Gasteiger partial charge in [-0.05, 0) is 18.8 Å². The molecule has 2 unspecified atom stereocenters. The molecule has 0 spiro atoms. The highest BCUT2D eigenvalue weighted by Crippen LogP contribution is 2.32. The van der Waals surface area contributed by atoms with Crippen LogP contribution in [0, 0.1) is 5.92 Å². The normalized spacial score (nSPS) is 27.8. The van der Waals surface area contributed by atoms with Gasteiger partial charge in [0.2, 0.25) is 0 Å². The van der Waals surface area contributed by atoms with Gasteiger partial charge in [0.05, 0.1) is 5.60 Å². The average Bonchev–Trinajstić information content (AvgIpc) is 2.37. The Hall–Kier alpha value is -1.36. The van der Waals surface area contributed by atoms with Crippen LogP contribution in [0.25, 0.3) is 0 Å². The zero-order valence-corrected chi connectivity index (χ0v) is 11.1. The Kier molecular flexibility index (Phi) is 4.01. The van der Waals surface area contributed by atoms with Gasteiger partial charge in [0.25, 0.3) is 0 Å². The molecule has 0 amide bonds. The fraction of sp³-hybridized carbons (Fsp3) is 0.692. The summed E-state index contributed by atoms with van der Waals surface area (Å²) in [6, 6.07) is 1.84. The van der Waals surface area contributed by atoms with E-state index in [1.165, 1.54) is 12.7 Å². The van der Waals surface area contributed by atoms with Gasteiger partial charge in [0, 0.05) is 19.7 Å². The van der Waals surface area contributed by atoms with Gasteiger partial charge in [-0.25, -0.2) is 9.97 Å². The number of hydrogen-bond donors (Lipinski definition) is 3. The largest absolute Gasteiger partial charge is 0.388 e. The van der Waals surface area contributed by atoms with Crippen molar-refractivity contribution >= 4 is 11.6 Å². The smallest absolute Gasteiger partial charge is 0.131 e. The summed E-state index contributed by atoms with van der Waals surface area (Å²) < 4.78 is 0. The van der Waals surface area contributed by atoms with E-state index in [1.807, 2.05) is 13.1 Å². The molecule has 1 aliphatic carbocycles. The highest BCUT2D eigenvalue weighted by atomic mass is 16.3. The minimum atomic E-state index is -0.595. The molecule has 18 heavy (non-hydrogen) atoms. The maximum atomic E-state index is 10.5. The average molecular weight is 250 g/mol. The molecule has 3 N–H and O–H groups in total. The molecule has 0 aromatic carbocycles. The lowest BCUT2D eigenvalue weighted by molar-refractivity contribution is -0.000827. The van der Waals surface area contributed by atoms with Crippen molar-refractivity contribution in [2.45, 2.75) is 38.2 Å². The van der Waals surface area contributed by atoms with Crippen molar-refractivity contribution in [3.63, 3.8) is 0 Å². The fourth-order valence-corrected chi connectivity index (χ4v) is 2.64. The van der Waals surface area contributed by atoms with Crippen molar-refractivity contribution < 1.29 is 5.11 Å². The van der Waals surface area contributed by atoms with Crippen molar-refractivity contribution in [3.8, 4) is 0 Å². The Morgan fingerprint density at radius 2 is 2.22 bits per heavy atom. The number of aliphatic hydroxyl groups is 1. The summed E-state index contributed by atoms with van der Waals surface area (Å²) in [6.45, 7) is 2.76. The van der Waals surface area contributed by atoms with Gasteiger partial charge in [0.1, 0.15) is 18.0 Å². The number of hydrogen-bond acceptors (Lipinski definition) is 5. The third-order valence-electron chi connectivity index (χ3n) is 3.59. The standard InChI is InChI=1S/C13H22N4O/c1-10-4-3-5-13(18,7-10)8-15-12-6-11(14-2)16-9-17-12/h6,9-10,18H,3-5,7-8H2,1-2H3,(H2,14,15,16,17). The van der Waals surface area contributed by atoms with Crippen LogP contribution in [0.15, 0.2) is 12.4 Å². The lowest BCUT2D eigenvalue weighted by atomic mass is 9.79. The Balaban J connectivity index is 1.93. The zero-order chi connectivity index (χ0) is 13.0. The molecule has 100 valence electrons. The summed E-state index contributed by atoms with van der Waals surface area (Å²) in [5.41, 5.74) is -0.595. The minimum Gasteiger partial charge on any atom is -0.388 e. The number of aromatic nitrogens is 2. The summed E-state index contributed by atoms with van der Waals surface area (Å²) in [4.78, 5) is 8.21. The molecule has 5 nitrogen and oxygen atoms in total. The Labute approximate surface area is 108 Å². The molecule has 0 radical (unpaired) electrons. The first-order chi connectivity index (χ1) is 8.61. The fourth-order valence-electron chi connectivity index (χ4n) is 2.64. The van der Waals surface area contributed by atoms with Crippen molar-refractivity contribution in [1.82, 2.24) is 9.97 Å². The minimum absolute atomic E-state index is 0.553. The Bertz CT molecular complexity index is 398. The van der Waals surface area contributed by atoms with E-state index in [0.717, 1.165) is 30.9 Å². The lowest BCUT2D eigenvalue weighted by Gasteiger charge is -2.35. The van der Waals surface area contributed by atoms with Gasteiger partial charge in [-0.2, -0.15) is 0 Å². The number of rotatable bonds is 4. The highest BCUT2D eigenvalue weighted by Gasteiger charge is 2.32. The number of nitrogens with one attached hydrogen (secondary N) is 2. The number of nitrogens with zero attached hydrogens (tertiary/aromatic N) is 2. The predicted octanol–water partition coefficient (Wildman–Crippen LogP) is 1.87. The third-order valence-corrected chi connectivity index (χ3v) is 3.59. The molecule has 1 fully saturated rings. The van der Waals surface area contributed by atoms with Gasteiger partial charge in [-0.3, -0.25) is 0 Å². The third kappa shape index (κ3) is 3.32. The highest BCUT2D eigenvalue weighted by molar-refractivity contribution is 5.46. The van der Waals surface area contributed by atoms with Crippen LogP contribution in [-0.2, 0) is 0 Å². The van der Waals surface area contributed by atoms with Gasteiger partial charge in [-0.15, -0.1) is 0 Å². The van der Waals surface area contributed by atoms with E-state index in [2.05, 4.69) is 27.5 Å². The molecule has 1 aromatic rings. The molecule has 0 bridgehead atoms. The first kappa shape index (κ1) is 13.1. The second-order valence-corrected chi connectivity index (χ2v) is 5.32. The molecule has 5 heteroatoms. The van der Waals surface area contributed by atoms with Crippen LogP contribution in [0.4, 0.5) is 11.6 Å². The molecular weight excluding hydrogens is 228 g/mol. The van der Waals surface area contributed by atoms with Crippen LogP contribution in [0.1, 0.15) is 32.6 Å². The first-order valence-corrected chi connectivity index (χ1v) is 6.57. The predicted molar refractivity (Wildman–Crippen MR) is 72.7 cm³/mol. The monoisotopic (exact) mass is 250 g/mol. The van der Waals surface area contributed by atoms with Gasteiger partial charge in [-0.1, -0.05) is 19.8 Å². The van der Waals surface area contributed by atoms with Crippen LogP contribution in [0.2, 0.25) is 0 Å². The van der Waals surface area contributed by atoms with Gasteiger partial charge < -0.3 is 15.7 Å². The molecule has 1 aliphatic rings. The zero-order valence-electron chi connectivity index (χ0n) is 11.1. The second-order valence-electron chi connectivity index (χ2n) is 5.32. The van der Waals surface area contributed by atoms with E-state index in [-0.39, 0.29) is 0 Å². The molecule has 1 heterocycles. The van der Waals surface area contributed by atoms with Crippen LogP contribution in [0.3, 0.4) is 0 Å². The Morgan fingerprint density at radius 3 is 2.94 bits per heavy atom.